The summed E-state index contributed by atoms with van der Waals surface area (Å²) in [6.45, 7) is 0.527. The van der Waals surface area contributed by atoms with Gasteiger partial charge in [0.25, 0.3) is 0 Å². The maximum Gasteiger partial charge on any atom is 0.140 e. The second kappa shape index (κ2) is 4.67. The van der Waals surface area contributed by atoms with E-state index < -0.39 is 11.6 Å². The molecule has 13 heavy (non-hydrogen) atoms. The maximum absolute atomic E-state index is 12.9. The van der Waals surface area contributed by atoms with Crippen molar-refractivity contribution >= 4 is 15.9 Å². The quantitative estimate of drug-likeness (QED) is 0.820. The summed E-state index contributed by atoms with van der Waals surface area (Å²) < 4.78 is 25.8. The van der Waals surface area contributed by atoms with Crippen molar-refractivity contribution in [2.24, 2.45) is 5.73 Å². The number of benzene rings is 1. The van der Waals surface area contributed by atoms with Gasteiger partial charge in [0.2, 0.25) is 0 Å². The second-order valence-corrected chi connectivity index (χ2v) is 3.56. The minimum absolute atomic E-state index is 0.107. The van der Waals surface area contributed by atoms with Crippen LogP contribution in [0.25, 0.3) is 0 Å². The molecule has 0 aliphatic carbocycles. The average molecular weight is 250 g/mol. The van der Waals surface area contributed by atoms with Gasteiger partial charge < -0.3 is 5.73 Å². The Labute approximate surface area is 84.1 Å². The summed E-state index contributed by atoms with van der Waals surface area (Å²) in [6, 6.07) is 2.64. The molecule has 0 heterocycles. The minimum Gasteiger partial charge on any atom is -0.330 e. The molecular formula is C9H10BrF2N. The van der Waals surface area contributed by atoms with Gasteiger partial charge in [-0.25, -0.2) is 8.78 Å². The number of nitrogens with two attached hydrogens (primary N) is 1. The van der Waals surface area contributed by atoms with Gasteiger partial charge in [0.05, 0.1) is 4.47 Å². The molecule has 72 valence electrons. The van der Waals surface area contributed by atoms with Gasteiger partial charge in [-0.2, -0.15) is 0 Å². The summed E-state index contributed by atoms with van der Waals surface area (Å²) in [7, 11) is 0. The van der Waals surface area contributed by atoms with Gasteiger partial charge in [-0.3, -0.25) is 0 Å². The van der Waals surface area contributed by atoms with Crippen LogP contribution in [0.1, 0.15) is 12.0 Å². The third kappa shape index (κ3) is 2.74. The van der Waals surface area contributed by atoms with Crippen LogP contribution in [-0.2, 0) is 6.42 Å². The van der Waals surface area contributed by atoms with Crippen molar-refractivity contribution in [2.75, 3.05) is 6.54 Å². The third-order valence-corrected chi connectivity index (χ3v) is 2.47. The lowest BCUT2D eigenvalue weighted by atomic mass is 10.1. The molecule has 0 spiro atoms. The molecule has 1 aromatic rings. The lowest BCUT2D eigenvalue weighted by Gasteiger charge is -2.02. The highest BCUT2D eigenvalue weighted by Crippen LogP contribution is 2.21. The standard InChI is InChI=1S/C9H10BrF2N/c10-9-7(11)4-6(2-1-3-13)5-8(9)12/h4-5H,1-3,13H2. The average Bonchev–Trinajstić information content (AvgIpc) is 2.10. The van der Waals surface area contributed by atoms with E-state index in [4.69, 9.17) is 5.73 Å². The Morgan fingerprint density at radius 1 is 1.23 bits per heavy atom. The van der Waals surface area contributed by atoms with Crippen LogP contribution >= 0.6 is 15.9 Å². The number of halogens is 3. The lowest BCUT2D eigenvalue weighted by molar-refractivity contribution is 0.567. The van der Waals surface area contributed by atoms with Gasteiger partial charge in [-0.05, 0) is 53.0 Å². The lowest BCUT2D eigenvalue weighted by Crippen LogP contribution is -2.01. The minimum atomic E-state index is -0.563. The molecule has 4 heteroatoms. The SMILES string of the molecule is NCCCc1cc(F)c(Br)c(F)c1. The topological polar surface area (TPSA) is 26.0 Å². The molecule has 0 radical (unpaired) electrons. The smallest absolute Gasteiger partial charge is 0.140 e. The van der Waals surface area contributed by atoms with Gasteiger partial charge in [-0.15, -0.1) is 0 Å². The molecule has 0 aliphatic rings. The van der Waals surface area contributed by atoms with Crippen LogP contribution in [0.5, 0.6) is 0 Å². The Kier molecular flexibility index (Phi) is 3.81. The van der Waals surface area contributed by atoms with Crippen LogP contribution in [0.15, 0.2) is 16.6 Å². The number of aryl methyl sites for hydroxylation is 1. The summed E-state index contributed by atoms with van der Waals surface area (Å²) in [5.41, 5.74) is 5.93. The predicted octanol–water partition coefficient (Wildman–Crippen LogP) is 2.62. The summed E-state index contributed by atoms with van der Waals surface area (Å²) >= 11 is 2.81. The van der Waals surface area contributed by atoms with Crippen LogP contribution in [0, 0.1) is 11.6 Å². The summed E-state index contributed by atoms with van der Waals surface area (Å²) in [5, 5.41) is 0. The molecule has 1 aromatic carbocycles. The Hall–Kier alpha value is -0.480. The fourth-order valence-corrected chi connectivity index (χ4v) is 1.29. The van der Waals surface area contributed by atoms with E-state index in [1.54, 1.807) is 0 Å². The molecule has 0 amide bonds. The van der Waals surface area contributed by atoms with Crippen LogP contribution < -0.4 is 5.73 Å². The molecule has 1 nitrogen and oxygen atoms in total. The van der Waals surface area contributed by atoms with E-state index in [0.29, 0.717) is 18.5 Å². The number of hydrogen-bond donors (Lipinski definition) is 1. The van der Waals surface area contributed by atoms with Gasteiger partial charge in [-0.1, -0.05) is 0 Å². The Morgan fingerprint density at radius 3 is 2.23 bits per heavy atom. The zero-order valence-electron chi connectivity index (χ0n) is 6.99. The van der Waals surface area contributed by atoms with E-state index in [2.05, 4.69) is 15.9 Å². The van der Waals surface area contributed by atoms with E-state index >= 15 is 0 Å². The molecule has 0 atom stereocenters. The first-order valence-corrected chi connectivity index (χ1v) is 4.78. The van der Waals surface area contributed by atoms with Crippen molar-refractivity contribution in [3.8, 4) is 0 Å². The maximum atomic E-state index is 12.9. The molecule has 0 saturated heterocycles. The molecule has 1 rings (SSSR count). The Morgan fingerprint density at radius 2 is 1.77 bits per heavy atom. The summed E-state index contributed by atoms with van der Waals surface area (Å²) in [6.07, 6.45) is 1.35. The fraction of sp³-hybridized carbons (Fsp3) is 0.333. The zero-order chi connectivity index (χ0) is 9.84. The fourth-order valence-electron chi connectivity index (χ4n) is 1.06. The highest BCUT2D eigenvalue weighted by Gasteiger charge is 2.07. The zero-order valence-corrected chi connectivity index (χ0v) is 8.57. The molecule has 0 fully saturated rings. The molecular weight excluding hydrogens is 240 g/mol. The van der Waals surface area contributed by atoms with E-state index in [1.165, 1.54) is 12.1 Å². The number of rotatable bonds is 3. The van der Waals surface area contributed by atoms with Crippen molar-refractivity contribution in [2.45, 2.75) is 12.8 Å². The first-order valence-electron chi connectivity index (χ1n) is 3.98. The van der Waals surface area contributed by atoms with Crippen molar-refractivity contribution in [1.29, 1.82) is 0 Å². The van der Waals surface area contributed by atoms with Crippen LogP contribution in [0.2, 0.25) is 0 Å². The van der Waals surface area contributed by atoms with Crippen molar-refractivity contribution in [3.05, 3.63) is 33.8 Å². The van der Waals surface area contributed by atoms with E-state index in [9.17, 15) is 8.78 Å². The van der Waals surface area contributed by atoms with Crippen LogP contribution in [0.3, 0.4) is 0 Å². The summed E-state index contributed by atoms with van der Waals surface area (Å²) in [4.78, 5) is 0. The summed E-state index contributed by atoms with van der Waals surface area (Å²) in [5.74, 6) is -1.13. The van der Waals surface area contributed by atoms with Crippen molar-refractivity contribution in [1.82, 2.24) is 0 Å². The highest BCUT2D eigenvalue weighted by molar-refractivity contribution is 9.10. The monoisotopic (exact) mass is 249 g/mol. The molecule has 0 bridgehead atoms. The second-order valence-electron chi connectivity index (χ2n) is 2.77. The van der Waals surface area contributed by atoms with Crippen LogP contribution in [-0.4, -0.2) is 6.54 Å². The van der Waals surface area contributed by atoms with Gasteiger partial charge in [0.1, 0.15) is 11.6 Å². The molecule has 0 unspecified atom stereocenters. The molecule has 0 saturated carbocycles. The molecule has 2 N–H and O–H groups in total. The van der Waals surface area contributed by atoms with Gasteiger partial charge in [0, 0.05) is 0 Å². The van der Waals surface area contributed by atoms with Gasteiger partial charge >= 0.3 is 0 Å². The molecule has 0 aromatic heterocycles. The van der Waals surface area contributed by atoms with E-state index in [-0.39, 0.29) is 4.47 Å². The third-order valence-electron chi connectivity index (χ3n) is 1.71. The first kappa shape index (κ1) is 10.6. The molecule has 0 aliphatic heterocycles. The highest BCUT2D eigenvalue weighted by atomic mass is 79.9. The Balaban J connectivity index is 2.86. The van der Waals surface area contributed by atoms with Crippen LogP contribution in [0.4, 0.5) is 8.78 Å². The normalized spacial score (nSPS) is 10.5. The van der Waals surface area contributed by atoms with Crippen molar-refractivity contribution in [3.63, 3.8) is 0 Å². The Bertz CT molecular complexity index is 279. The van der Waals surface area contributed by atoms with E-state index in [0.717, 1.165) is 6.42 Å². The van der Waals surface area contributed by atoms with Gasteiger partial charge in [0.15, 0.2) is 0 Å². The van der Waals surface area contributed by atoms with Crippen molar-refractivity contribution < 1.29 is 8.78 Å². The predicted molar refractivity (Wildman–Crippen MR) is 51.4 cm³/mol. The first-order chi connectivity index (χ1) is 6.15. The van der Waals surface area contributed by atoms with E-state index in [1.807, 2.05) is 0 Å². The largest absolute Gasteiger partial charge is 0.330 e. The number of hydrogen-bond acceptors (Lipinski definition) is 1.